The second kappa shape index (κ2) is 5.20. The van der Waals surface area contributed by atoms with E-state index in [0.29, 0.717) is 0 Å². The highest BCUT2D eigenvalue weighted by Gasteiger charge is 2.31. The van der Waals surface area contributed by atoms with Crippen molar-refractivity contribution in [3.8, 4) is 5.75 Å². The SMILES string of the molecule is Nc1ncccc1C(=O)c1ccc(OC(F)(F)F)cc1. The predicted octanol–water partition coefficient (Wildman–Crippen LogP) is 2.79. The maximum absolute atomic E-state index is 12.1. The number of hydrogen-bond donors (Lipinski definition) is 1. The van der Waals surface area contributed by atoms with Gasteiger partial charge in [-0.05, 0) is 36.4 Å². The number of anilines is 1. The van der Waals surface area contributed by atoms with E-state index >= 15 is 0 Å². The van der Waals surface area contributed by atoms with Crippen LogP contribution in [-0.2, 0) is 0 Å². The topological polar surface area (TPSA) is 65.2 Å². The quantitative estimate of drug-likeness (QED) is 0.879. The minimum Gasteiger partial charge on any atom is -0.406 e. The largest absolute Gasteiger partial charge is 0.573 e. The molecule has 0 atom stereocenters. The smallest absolute Gasteiger partial charge is 0.406 e. The number of carbonyl (C=O) groups is 1. The number of ketones is 1. The molecule has 0 bridgehead atoms. The summed E-state index contributed by atoms with van der Waals surface area (Å²) < 4.78 is 39.7. The summed E-state index contributed by atoms with van der Waals surface area (Å²) in [4.78, 5) is 15.9. The first-order valence-corrected chi connectivity index (χ1v) is 5.48. The number of alkyl halides is 3. The maximum atomic E-state index is 12.1. The summed E-state index contributed by atoms with van der Waals surface area (Å²) in [7, 11) is 0. The van der Waals surface area contributed by atoms with Crippen molar-refractivity contribution in [2.75, 3.05) is 5.73 Å². The van der Waals surface area contributed by atoms with Crippen molar-refractivity contribution in [3.05, 3.63) is 53.7 Å². The number of ether oxygens (including phenoxy) is 1. The molecule has 0 aliphatic carbocycles. The molecule has 4 nitrogen and oxygen atoms in total. The molecule has 0 fully saturated rings. The van der Waals surface area contributed by atoms with Crippen molar-refractivity contribution in [1.29, 1.82) is 0 Å². The van der Waals surface area contributed by atoms with Gasteiger partial charge in [0.15, 0.2) is 5.78 Å². The molecule has 1 heterocycles. The van der Waals surface area contributed by atoms with Gasteiger partial charge in [0.05, 0.1) is 5.56 Å². The van der Waals surface area contributed by atoms with E-state index in [1.807, 2.05) is 0 Å². The summed E-state index contributed by atoms with van der Waals surface area (Å²) in [5, 5.41) is 0. The Morgan fingerprint density at radius 3 is 2.35 bits per heavy atom. The maximum Gasteiger partial charge on any atom is 0.573 e. The average Bonchev–Trinajstić information content (AvgIpc) is 2.37. The number of rotatable bonds is 3. The van der Waals surface area contributed by atoms with Gasteiger partial charge in [0.25, 0.3) is 0 Å². The van der Waals surface area contributed by atoms with Crippen LogP contribution in [-0.4, -0.2) is 17.1 Å². The fraction of sp³-hybridized carbons (Fsp3) is 0.0769. The van der Waals surface area contributed by atoms with E-state index in [9.17, 15) is 18.0 Å². The molecule has 0 aliphatic rings. The van der Waals surface area contributed by atoms with E-state index in [-0.39, 0.29) is 16.9 Å². The zero-order valence-electron chi connectivity index (χ0n) is 10.0. The molecule has 0 aliphatic heterocycles. The molecule has 20 heavy (non-hydrogen) atoms. The summed E-state index contributed by atoms with van der Waals surface area (Å²) >= 11 is 0. The van der Waals surface area contributed by atoms with E-state index in [2.05, 4.69) is 9.72 Å². The van der Waals surface area contributed by atoms with E-state index in [4.69, 9.17) is 5.73 Å². The summed E-state index contributed by atoms with van der Waals surface area (Å²) in [5.74, 6) is -0.754. The zero-order chi connectivity index (χ0) is 14.8. The molecule has 0 amide bonds. The van der Waals surface area contributed by atoms with Crippen LogP contribution >= 0.6 is 0 Å². The predicted molar refractivity (Wildman–Crippen MR) is 65.2 cm³/mol. The summed E-state index contributed by atoms with van der Waals surface area (Å²) in [6, 6.07) is 7.63. The van der Waals surface area contributed by atoms with Gasteiger partial charge in [-0.2, -0.15) is 0 Å². The molecule has 1 aromatic heterocycles. The zero-order valence-corrected chi connectivity index (χ0v) is 10.0. The molecular formula is C13H9F3N2O2. The van der Waals surface area contributed by atoms with Crippen LogP contribution in [0.4, 0.5) is 19.0 Å². The fourth-order valence-electron chi connectivity index (χ4n) is 1.57. The van der Waals surface area contributed by atoms with E-state index < -0.39 is 17.9 Å². The molecule has 0 radical (unpaired) electrons. The van der Waals surface area contributed by atoms with E-state index in [1.54, 1.807) is 6.07 Å². The van der Waals surface area contributed by atoms with Gasteiger partial charge in [0.1, 0.15) is 11.6 Å². The van der Waals surface area contributed by atoms with E-state index in [0.717, 1.165) is 12.1 Å². The number of aromatic nitrogens is 1. The number of nitrogens with two attached hydrogens (primary N) is 1. The molecule has 104 valence electrons. The first-order valence-electron chi connectivity index (χ1n) is 5.48. The van der Waals surface area contributed by atoms with Crippen LogP contribution in [0.3, 0.4) is 0 Å². The van der Waals surface area contributed by atoms with Crippen LogP contribution in [0.25, 0.3) is 0 Å². The molecule has 2 N–H and O–H groups in total. The Balaban J connectivity index is 2.22. The van der Waals surface area contributed by atoms with E-state index in [1.165, 1.54) is 24.4 Å². The Hall–Kier alpha value is -2.57. The highest BCUT2D eigenvalue weighted by molar-refractivity contribution is 6.11. The molecule has 2 rings (SSSR count). The number of benzene rings is 1. The van der Waals surface area contributed by atoms with Crippen molar-refractivity contribution in [3.63, 3.8) is 0 Å². The summed E-state index contributed by atoms with van der Waals surface area (Å²) in [6.45, 7) is 0. The lowest BCUT2D eigenvalue weighted by atomic mass is 10.0. The van der Waals surface area contributed by atoms with Crippen LogP contribution in [0.15, 0.2) is 42.6 Å². The lowest BCUT2D eigenvalue weighted by molar-refractivity contribution is -0.274. The molecule has 7 heteroatoms. The third-order valence-electron chi connectivity index (χ3n) is 2.43. The van der Waals surface area contributed by atoms with Crippen molar-refractivity contribution >= 4 is 11.6 Å². The second-order valence-electron chi connectivity index (χ2n) is 3.84. The first-order chi connectivity index (χ1) is 9.37. The number of pyridine rings is 1. The van der Waals surface area contributed by atoms with Crippen LogP contribution in [0.5, 0.6) is 5.75 Å². The Bertz CT molecular complexity index is 624. The third kappa shape index (κ3) is 3.25. The Labute approximate surface area is 112 Å². The van der Waals surface area contributed by atoms with Crippen molar-refractivity contribution in [2.45, 2.75) is 6.36 Å². The fourth-order valence-corrected chi connectivity index (χ4v) is 1.57. The van der Waals surface area contributed by atoms with Gasteiger partial charge in [0.2, 0.25) is 0 Å². The molecule has 0 unspecified atom stereocenters. The minimum absolute atomic E-state index is 0.0631. The van der Waals surface area contributed by atoms with Gasteiger partial charge in [-0.25, -0.2) is 4.98 Å². The normalized spacial score (nSPS) is 11.2. The average molecular weight is 282 g/mol. The molecule has 1 aromatic carbocycles. The molecule has 2 aromatic rings. The Morgan fingerprint density at radius 1 is 1.15 bits per heavy atom. The Kier molecular flexibility index (Phi) is 3.60. The summed E-state index contributed by atoms with van der Waals surface area (Å²) in [5.41, 5.74) is 5.95. The van der Waals surface area contributed by atoms with Crippen molar-refractivity contribution in [1.82, 2.24) is 4.98 Å². The van der Waals surface area contributed by atoms with Gasteiger partial charge in [-0.3, -0.25) is 4.79 Å². The van der Waals surface area contributed by atoms with Crippen molar-refractivity contribution < 1.29 is 22.7 Å². The van der Waals surface area contributed by atoms with Crippen LogP contribution in [0, 0.1) is 0 Å². The first kappa shape index (κ1) is 13.9. The van der Waals surface area contributed by atoms with Gasteiger partial charge in [0, 0.05) is 11.8 Å². The van der Waals surface area contributed by atoms with Crippen LogP contribution in [0.2, 0.25) is 0 Å². The highest BCUT2D eigenvalue weighted by Crippen LogP contribution is 2.23. The molecule has 0 saturated heterocycles. The van der Waals surface area contributed by atoms with Gasteiger partial charge < -0.3 is 10.5 Å². The molecule has 0 saturated carbocycles. The lowest BCUT2D eigenvalue weighted by Gasteiger charge is -2.09. The lowest BCUT2D eigenvalue weighted by Crippen LogP contribution is -2.17. The van der Waals surface area contributed by atoms with Gasteiger partial charge in [-0.15, -0.1) is 13.2 Å². The minimum atomic E-state index is -4.76. The third-order valence-corrected chi connectivity index (χ3v) is 2.43. The summed E-state index contributed by atoms with van der Waals surface area (Å²) in [6.07, 6.45) is -3.33. The van der Waals surface area contributed by atoms with Crippen molar-refractivity contribution in [2.24, 2.45) is 0 Å². The van der Waals surface area contributed by atoms with Gasteiger partial charge in [-0.1, -0.05) is 0 Å². The van der Waals surface area contributed by atoms with Crippen LogP contribution < -0.4 is 10.5 Å². The number of nitrogen functional groups attached to an aromatic ring is 1. The highest BCUT2D eigenvalue weighted by atomic mass is 19.4. The number of carbonyl (C=O) groups excluding carboxylic acids is 1. The number of hydrogen-bond acceptors (Lipinski definition) is 4. The standard InChI is InChI=1S/C13H9F3N2O2/c14-13(15,16)20-9-5-3-8(4-6-9)11(19)10-2-1-7-18-12(10)17/h1-7H,(H2,17,18). The second-order valence-corrected chi connectivity index (χ2v) is 3.84. The Morgan fingerprint density at radius 2 is 1.80 bits per heavy atom. The molecule has 0 spiro atoms. The monoisotopic (exact) mass is 282 g/mol. The van der Waals surface area contributed by atoms with Gasteiger partial charge >= 0.3 is 6.36 Å². The molecular weight excluding hydrogens is 273 g/mol. The van der Waals surface area contributed by atoms with Crippen LogP contribution in [0.1, 0.15) is 15.9 Å². The number of halogens is 3. The number of nitrogens with zero attached hydrogens (tertiary/aromatic N) is 1.